The van der Waals surface area contributed by atoms with E-state index in [1.165, 1.54) is 24.3 Å². The first-order valence-electron chi connectivity index (χ1n) is 7.86. The van der Waals surface area contributed by atoms with Crippen LogP contribution in [-0.4, -0.2) is 18.1 Å². The van der Waals surface area contributed by atoms with Gasteiger partial charge >= 0.3 is 0 Å². The minimum absolute atomic E-state index is 0.0186. The van der Waals surface area contributed by atoms with E-state index in [1.54, 1.807) is 48.5 Å². The highest BCUT2D eigenvalue weighted by atomic mass is 19.1. The Balaban J connectivity index is 1.76. The van der Waals surface area contributed by atoms with Gasteiger partial charge in [-0.05, 0) is 36.4 Å². The number of benzene rings is 3. The molecule has 0 unspecified atom stereocenters. The van der Waals surface area contributed by atoms with Crippen LogP contribution in [0.3, 0.4) is 0 Å². The summed E-state index contributed by atoms with van der Waals surface area (Å²) in [6, 6.07) is 21.4. The molecule has 0 aliphatic carbocycles. The molecule has 25 heavy (non-hydrogen) atoms. The lowest BCUT2D eigenvalue weighted by Gasteiger charge is -2.11. The van der Waals surface area contributed by atoms with Crippen LogP contribution < -0.4 is 5.32 Å². The molecule has 0 radical (unpaired) electrons. The molecule has 1 N–H and O–H groups in total. The predicted molar refractivity (Wildman–Crippen MR) is 95.5 cm³/mol. The van der Waals surface area contributed by atoms with Crippen LogP contribution in [0.15, 0.2) is 78.9 Å². The summed E-state index contributed by atoms with van der Waals surface area (Å²) in [5, 5.41) is 3.01. The first-order valence-corrected chi connectivity index (χ1v) is 7.86. The maximum atomic E-state index is 12.9. The van der Waals surface area contributed by atoms with Gasteiger partial charge in [-0.2, -0.15) is 0 Å². The van der Waals surface area contributed by atoms with Crippen molar-refractivity contribution < 1.29 is 14.0 Å². The SMILES string of the molecule is O=C(CNc1ccccc1C(=O)c1ccccc1)c1ccc(F)cc1. The van der Waals surface area contributed by atoms with Crippen molar-refractivity contribution in [2.75, 3.05) is 11.9 Å². The third-order valence-corrected chi connectivity index (χ3v) is 3.81. The van der Waals surface area contributed by atoms with Gasteiger partial charge in [-0.25, -0.2) is 4.39 Å². The summed E-state index contributed by atoms with van der Waals surface area (Å²) in [7, 11) is 0. The Morgan fingerprint density at radius 2 is 1.40 bits per heavy atom. The highest BCUT2D eigenvalue weighted by molar-refractivity contribution is 6.12. The minimum Gasteiger partial charge on any atom is -0.377 e. The average molecular weight is 333 g/mol. The molecular weight excluding hydrogens is 317 g/mol. The lowest BCUT2D eigenvalue weighted by atomic mass is 10.0. The fourth-order valence-corrected chi connectivity index (χ4v) is 2.49. The van der Waals surface area contributed by atoms with Gasteiger partial charge in [0, 0.05) is 22.4 Å². The molecule has 0 amide bonds. The topological polar surface area (TPSA) is 46.2 Å². The van der Waals surface area contributed by atoms with Crippen molar-refractivity contribution in [1.29, 1.82) is 0 Å². The second-order valence-electron chi connectivity index (χ2n) is 5.52. The minimum atomic E-state index is -0.386. The van der Waals surface area contributed by atoms with E-state index in [-0.39, 0.29) is 23.9 Å². The fourth-order valence-electron chi connectivity index (χ4n) is 2.49. The first-order chi connectivity index (χ1) is 12.1. The normalized spacial score (nSPS) is 10.3. The van der Waals surface area contributed by atoms with Crippen molar-refractivity contribution in [3.63, 3.8) is 0 Å². The lowest BCUT2D eigenvalue weighted by molar-refractivity contribution is 0.100. The number of anilines is 1. The van der Waals surface area contributed by atoms with Gasteiger partial charge in [0.2, 0.25) is 0 Å². The third-order valence-electron chi connectivity index (χ3n) is 3.81. The van der Waals surface area contributed by atoms with E-state index in [0.717, 1.165) is 0 Å². The van der Waals surface area contributed by atoms with Gasteiger partial charge in [0.1, 0.15) is 5.82 Å². The molecule has 3 nitrogen and oxygen atoms in total. The van der Waals surface area contributed by atoms with Crippen molar-refractivity contribution in [2.24, 2.45) is 0 Å². The number of para-hydroxylation sites is 1. The molecule has 0 fully saturated rings. The fraction of sp³-hybridized carbons (Fsp3) is 0.0476. The molecule has 0 atom stereocenters. The van der Waals surface area contributed by atoms with Crippen LogP contribution in [0.4, 0.5) is 10.1 Å². The lowest BCUT2D eigenvalue weighted by Crippen LogP contribution is -2.16. The Labute approximate surface area is 145 Å². The average Bonchev–Trinajstić information content (AvgIpc) is 2.67. The molecule has 3 aromatic carbocycles. The molecule has 0 saturated carbocycles. The maximum absolute atomic E-state index is 12.9. The maximum Gasteiger partial charge on any atom is 0.195 e. The number of nitrogens with one attached hydrogen (secondary N) is 1. The number of hydrogen-bond acceptors (Lipinski definition) is 3. The van der Waals surface area contributed by atoms with Crippen LogP contribution in [0.1, 0.15) is 26.3 Å². The molecule has 0 heterocycles. The van der Waals surface area contributed by atoms with Crippen LogP contribution in [0.25, 0.3) is 0 Å². The van der Waals surface area contributed by atoms with Crippen LogP contribution in [0, 0.1) is 5.82 Å². The summed E-state index contributed by atoms with van der Waals surface area (Å²) in [5.41, 5.74) is 2.09. The van der Waals surface area contributed by atoms with E-state index in [4.69, 9.17) is 0 Å². The summed E-state index contributed by atoms with van der Waals surface area (Å²) in [5.74, 6) is -0.678. The van der Waals surface area contributed by atoms with Gasteiger partial charge in [-0.1, -0.05) is 42.5 Å². The second-order valence-corrected chi connectivity index (χ2v) is 5.52. The van der Waals surface area contributed by atoms with Crippen LogP contribution in [0.2, 0.25) is 0 Å². The van der Waals surface area contributed by atoms with Gasteiger partial charge in [-0.3, -0.25) is 9.59 Å². The molecular formula is C21H16FNO2. The number of ketones is 2. The van der Waals surface area contributed by atoms with E-state index in [0.29, 0.717) is 22.4 Å². The van der Waals surface area contributed by atoms with Crippen molar-refractivity contribution in [1.82, 2.24) is 0 Å². The van der Waals surface area contributed by atoms with Crippen LogP contribution >= 0.6 is 0 Å². The Morgan fingerprint density at radius 1 is 0.760 bits per heavy atom. The molecule has 3 rings (SSSR count). The zero-order valence-corrected chi connectivity index (χ0v) is 13.4. The second kappa shape index (κ2) is 7.53. The van der Waals surface area contributed by atoms with Gasteiger partial charge in [0.15, 0.2) is 11.6 Å². The largest absolute Gasteiger partial charge is 0.377 e. The molecule has 4 heteroatoms. The van der Waals surface area contributed by atoms with Crippen LogP contribution in [0.5, 0.6) is 0 Å². The van der Waals surface area contributed by atoms with Crippen molar-refractivity contribution in [3.05, 3.63) is 101 Å². The molecule has 0 aliphatic heterocycles. The van der Waals surface area contributed by atoms with E-state index in [1.807, 2.05) is 6.07 Å². The first kappa shape index (κ1) is 16.6. The highest BCUT2D eigenvalue weighted by Crippen LogP contribution is 2.19. The Morgan fingerprint density at radius 3 is 2.12 bits per heavy atom. The Kier molecular flexibility index (Phi) is 5.00. The van der Waals surface area contributed by atoms with Crippen LogP contribution in [-0.2, 0) is 0 Å². The molecule has 124 valence electrons. The summed E-state index contributed by atoms with van der Waals surface area (Å²) in [6.45, 7) is 0.0186. The molecule has 0 aliphatic rings. The van der Waals surface area contributed by atoms with Gasteiger partial charge in [-0.15, -0.1) is 0 Å². The molecule has 0 saturated heterocycles. The van der Waals surface area contributed by atoms with Crippen molar-refractivity contribution in [2.45, 2.75) is 0 Å². The third kappa shape index (κ3) is 3.98. The van der Waals surface area contributed by atoms with Gasteiger partial charge in [0.25, 0.3) is 0 Å². The number of carbonyl (C=O) groups excluding carboxylic acids is 2. The summed E-state index contributed by atoms with van der Waals surface area (Å²) < 4.78 is 12.9. The molecule has 0 aromatic heterocycles. The summed E-state index contributed by atoms with van der Waals surface area (Å²) in [6.07, 6.45) is 0. The molecule has 0 spiro atoms. The molecule has 3 aromatic rings. The number of rotatable bonds is 6. The monoisotopic (exact) mass is 333 g/mol. The van der Waals surface area contributed by atoms with E-state index in [2.05, 4.69) is 5.32 Å². The van der Waals surface area contributed by atoms with E-state index < -0.39 is 0 Å². The predicted octanol–water partition coefficient (Wildman–Crippen LogP) is 4.35. The number of Topliss-reactive ketones (excluding diaryl/α,β-unsaturated/α-hetero) is 1. The quantitative estimate of drug-likeness (QED) is 0.682. The van der Waals surface area contributed by atoms with Crippen molar-refractivity contribution in [3.8, 4) is 0 Å². The summed E-state index contributed by atoms with van der Waals surface area (Å²) >= 11 is 0. The summed E-state index contributed by atoms with van der Waals surface area (Å²) in [4.78, 5) is 24.9. The zero-order valence-electron chi connectivity index (χ0n) is 13.4. The molecule has 0 bridgehead atoms. The number of hydrogen-bond donors (Lipinski definition) is 1. The standard InChI is InChI=1S/C21H16FNO2/c22-17-12-10-15(11-13-17)20(24)14-23-19-9-5-4-8-18(19)21(25)16-6-2-1-3-7-16/h1-13,23H,14H2. The van der Waals surface area contributed by atoms with Gasteiger partial charge in [0.05, 0.1) is 6.54 Å². The van der Waals surface area contributed by atoms with Crippen molar-refractivity contribution >= 4 is 17.3 Å². The van der Waals surface area contributed by atoms with E-state index >= 15 is 0 Å². The highest BCUT2D eigenvalue weighted by Gasteiger charge is 2.14. The van der Waals surface area contributed by atoms with E-state index in [9.17, 15) is 14.0 Å². The van der Waals surface area contributed by atoms with Gasteiger partial charge < -0.3 is 5.32 Å². The smallest absolute Gasteiger partial charge is 0.195 e. The zero-order chi connectivity index (χ0) is 17.6. The Bertz CT molecular complexity index is 889. The Hall–Kier alpha value is -3.27. The number of carbonyl (C=O) groups is 2. The number of halogens is 1.